The number of carboxylic acid groups (broad SMARTS) is 1. The minimum absolute atomic E-state index is 0. The van der Waals surface area contributed by atoms with Crippen molar-refractivity contribution in [3.05, 3.63) is 35.7 Å². The first-order chi connectivity index (χ1) is 11.7. The zero-order valence-electron chi connectivity index (χ0n) is 14.2. The second kappa shape index (κ2) is 9.00. The summed E-state index contributed by atoms with van der Waals surface area (Å²) in [6.45, 7) is 3.93. The van der Waals surface area contributed by atoms with Gasteiger partial charge in [-0.3, -0.25) is 9.69 Å². The van der Waals surface area contributed by atoms with Gasteiger partial charge in [0.05, 0.1) is 18.2 Å². The molecule has 0 amide bonds. The molecule has 0 bridgehead atoms. The summed E-state index contributed by atoms with van der Waals surface area (Å²) >= 11 is 0. The number of carboxylic acids is 1. The largest absolute Gasteiger partial charge is 0.480 e. The van der Waals surface area contributed by atoms with Crippen LogP contribution >= 0.6 is 12.4 Å². The molecular weight excluding hydrogens is 375 g/mol. The van der Waals surface area contributed by atoms with E-state index >= 15 is 0 Å². The molecule has 0 saturated carbocycles. The fourth-order valence-electron chi connectivity index (χ4n) is 2.38. The van der Waals surface area contributed by atoms with Gasteiger partial charge >= 0.3 is 12.1 Å². The molecule has 0 fully saturated rings. The van der Waals surface area contributed by atoms with E-state index in [0.717, 1.165) is 18.6 Å². The van der Waals surface area contributed by atoms with Crippen LogP contribution in [-0.4, -0.2) is 39.2 Å². The lowest BCUT2D eigenvalue weighted by Gasteiger charge is -2.23. The van der Waals surface area contributed by atoms with Crippen LogP contribution in [0.2, 0.25) is 0 Å². The van der Waals surface area contributed by atoms with Gasteiger partial charge in [-0.1, -0.05) is 24.2 Å². The van der Waals surface area contributed by atoms with Crippen LogP contribution in [0.15, 0.2) is 28.8 Å². The Labute approximate surface area is 154 Å². The summed E-state index contributed by atoms with van der Waals surface area (Å²) in [5, 5.41) is 12.7. The number of aliphatic carboxylic acids is 1. The van der Waals surface area contributed by atoms with Crippen molar-refractivity contribution in [1.29, 1.82) is 0 Å². The molecule has 0 aliphatic heterocycles. The van der Waals surface area contributed by atoms with E-state index < -0.39 is 23.8 Å². The Balaban J connectivity index is 0.00000338. The summed E-state index contributed by atoms with van der Waals surface area (Å²) in [6, 6.07) is 4.16. The molecule has 1 N–H and O–H groups in total. The maximum atomic E-state index is 12.8. The molecule has 1 aromatic heterocycles. The quantitative estimate of drug-likeness (QED) is 0.765. The number of nitrogens with zero attached hydrogens (tertiary/aromatic N) is 3. The Morgan fingerprint density at radius 3 is 2.65 bits per heavy atom. The maximum absolute atomic E-state index is 12.8. The van der Waals surface area contributed by atoms with Gasteiger partial charge in [-0.2, -0.15) is 18.2 Å². The van der Waals surface area contributed by atoms with E-state index in [4.69, 9.17) is 9.63 Å². The first-order valence-corrected chi connectivity index (χ1v) is 7.69. The Hall–Kier alpha value is -2.13. The summed E-state index contributed by atoms with van der Waals surface area (Å²) in [5.41, 5.74) is -0.625. The molecule has 0 aliphatic carbocycles. The third kappa shape index (κ3) is 5.43. The van der Waals surface area contributed by atoms with Crippen molar-refractivity contribution in [2.24, 2.45) is 0 Å². The maximum Gasteiger partial charge on any atom is 0.416 e. The van der Waals surface area contributed by atoms with Crippen LogP contribution in [0.5, 0.6) is 0 Å². The number of benzene rings is 1. The lowest BCUT2D eigenvalue weighted by Crippen LogP contribution is -2.33. The number of aromatic nitrogens is 2. The van der Waals surface area contributed by atoms with Crippen molar-refractivity contribution in [2.75, 3.05) is 13.1 Å². The van der Waals surface area contributed by atoms with E-state index in [-0.39, 0.29) is 36.2 Å². The average molecular weight is 394 g/mol. The molecule has 1 atom stereocenters. The molecule has 6 nitrogen and oxygen atoms in total. The van der Waals surface area contributed by atoms with Crippen LogP contribution in [0.4, 0.5) is 13.2 Å². The summed E-state index contributed by atoms with van der Waals surface area (Å²) in [5.74, 6) is -0.806. The topological polar surface area (TPSA) is 79.5 Å². The molecule has 144 valence electrons. The van der Waals surface area contributed by atoms with Crippen molar-refractivity contribution in [3.63, 3.8) is 0 Å². The summed E-state index contributed by atoms with van der Waals surface area (Å²) in [6.07, 6.45) is -3.73. The third-order valence-corrected chi connectivity index (χ3v) is 3.64. The van der Waals surface area contributed by atoms with E-state index in [0.29, 0.717) is 6.54 Å². The fourth-order valence-corrected chi connectivity index (χ4v) is 2.38. The number of alkyl halides is 3. The monoisotopic (exact) mass is 393 g/mol. The minimum Gasteiger partial charge on any atom is -0.480 e. The highest BCUT2D eigenvalue weighted by Gasteiger charge is 2.31. The zero-order valence-corrected chi connectivity index (χ0v) is 15.0. The first-order valence-electron chi connectivity index (χ1n) is 7.69. The highest BCUT2D eigenvalue weighted by molar-refractivity contribution is 5.85. The lowest BCUT2D eigenvalue weighted by atomic mass is 10.1. The van der Waals surface area contributed by atoms with Crippen molar-refractivity contribution in [1.82, 2.24) is 15.0 Å². The van der Waals surface area contributed by atoms with E-state index in [1.165, 1.54) is 12.1 Å². The van der Waals surface area contributed by atoms with Crippen LogP contribution in [0, 0.1) is 0 Å². The minimum atomic E-state index is -4.46. The highest BCUT2D eigenvalue weighted by atomic mass is 35.5. The number of carbonyl (C=O) groups is 1. The van der Waals surface area contributed by atoms with Gasteiger partial charge in [-0.15, -0.1) is 12.4 Å². The number of halogens is 4. The second-order valence-corrected chi connectivity index (χ2v) is 5.57. The Kier molecular flexibility index (Phi) is 7.58. The summed E-state index contributed by atoms with van der Waals surface area (Å²) < 4.78 is 43.5. The van der Waals surface area contributed by atoms with Crippen molar-refractivity contribution in [2.45, 2.75) is 32.5 Å². The molecule has 2 aromatic rings. The standard InChI is InChI=1S/C16H18F3N3O3.ClH/c1-3-7-22(9-13(23)24)10(2)15-20-14(21-25-15)11-5-4-6-12(8-11)16(17,18)19;/h4-6,8,10H,3,7,9H2,1-2H3,(H,23,24);1H. The molecule has 0 saturated heterocycles. The van der Waals surface area contributed by atoms with Gasteiger partial charge in [0.15, 0.2) is 0 Å². The van der Waals surface area contributed by atoms with E-state index in [2.05, 4.69) is 10.1 Å². The van der Waals surface area contributed by atoms with Crippen LogP contribution < -0.4 is 0 Å². The van der Waals surface area contributed by atoms with Crippen molar-refractivity contribution < 1.29 is 27.6 Å². The van der Waals surface area contributed by atoms with Crippen LogP contribution in [0.3, 0.4) is 0 Å². The summed E-state index contributed by atoms with van der Waals surface area (Å²) in [7, 11) is 0. The van der Waals surface area contributed by atoms with Crippen LogP contribution in [0.1, 0.15) is 37.8 Å². The molecule has 0 spiro atoms. The second-order valence-electron chi connectivity index (χ2n) is 5.57. The average Bonchev–Trinajstić information content (AvgIpc) is 3.02. The molecular formula is C16H19ClF3N3O3. The molecule has 0 aliphatic rings. The third-order valence-electron chi connectivity index (χ3n) is 3.64. The van der Waals surface area contributed by atoms with Crippen molar-refractivity contribution in [3.8, 4) is 11.4 Å². The molecule has 0 radical (unpaired) electrons. The van der Waals surface area contributed by atoms with E-state index in [1.54, 1.807) is 11.8 Å². The number of hydrogen-bond acceptors (Lipinski definition) is 5. The smallest absolute Gasteiger partial charge is 0.416 e. The predicted octanol–water partition coefficient (Wildman–Crippen LogP) is 4.03. The Morgan fingerprint density at radius 1 is 1.38 bits per heavy atom. The fraction of sp³-hybridized carbons (Fsp3) is 0.438. The molecule has 2 rings (SSSR count). The molecule has 26 heavy (non-hydrogen) atoms. The first kappa shape index (κ1) is 21.9. The van der Waals surface area contributed by atoms with Gasteiger partial charge in [0, 0.05) is 5.56 Å². The molecule has 1 heterocycles. The van der Waals surface area contributed by atoms with Crippen LogP contribution in [0.25, 0.3) is 11.4 Å². The van der Waals surface area contributed by atoms with Gasteiger partial charge in [0.25, 0.3) is 0 Å². The van der Waals surface area contributed by atoms with Crippen molar-refractivity contribution >= 4 is 18.4 Å². The Morgan fingerprint density at radius 2 is 2.08 bits per heavy atom. The number of hydrogen-bond donors (Lipinski definition) is 1. The molecule has 1 aromatic carbocycles. The lowest BCUT2D eigenvalue weighted by molar-refractivity contribution is -0.139. The highest BCUT2D eigenvalue weighted by Crippen LogP contribution is 2.32. The summed E-state index contributed by atoms with van der Waals surface area (Å²) in [4.78, 5) is 16.7. The van der Waals surface area contributed by atoms with Gasteiger partial charge in [-0.05, 0) is 32.0 Å². The van der Waals surface area contributed by atoms with E-state index in [9.17, 15) is 18.0 Å². The normalized spacial score (nSPS) is 12.7. The van der Waals surface area contributed by atoms with Gasteiger partial charge in [0.2, 0.25) is 11.7 Å². The Bertz CT molecular complexity index is 737. The predicted molar refractivity (Wildman–Crippen MR) is 89.9 cm³/mol. The van der Waals surface area contributed by atoms with E-state index in [1.807, 2.05) is 6.92 Å². The van der Waals surface area contributed by atoms with Gasteiger partial charge in [-0.25, -0.2) is 0 Å². The molecule has 10 heteroatoms. The SMILES string of the molecule is CCCN(CC(=O)O)C(C)c1nc(-c2cccc(C(F)(F)F)c2)no1.Cl. The van der Waals surface area contributed by atoms with Crippen LogP contribution in [-0.2, 0) is 11.0 Å². The molecule has 1 unspecified atom stereocenters. The van der Waals surface area contributed by atoms with Gasteiger partial charge < -0.3 is 9.63 Å². The van der Waals surface area contributed by atoms with Gasteiger partial charge in [0.1, 0.15) is 0 Å². The number of rotatable bonds is 7. The zero-order chi connectivity index (χ0) is 18.6.